The van der Waals surface area contributed by atoms with E-state index in [2.05, 4.69) is 4.74 Å². The number of rotatable bonds is 5. The zero-order chi connectivity index (χ0) is 17.7. The quantitative estimate of drug-likeness (QED) is 0.818. The maximum absolute atomic E-state index is 12.1. The van der Waals surface area contributed by atoms with Crippen molar-refractivity contribution in [3.63, 3.8) is 0 Å². The summed E-state index contributed by atoms with van der Waals surface area (Å²) in [4.78, 5) is 11.0. The Labute approximate surface area is 135 Å². The fourth-order valence-electron chi connectivity index (χ4n) is 1.96. The van der Waals surface area contributed by atoms with Crippen molar-refractivity contribution in [1.82, 2.24) is 0 Å². The molecule has 0 aliphatic rings. The molecule has 0 saturated heterocycles. The number of methoxy groups -OCH3 is 1. The summed E-state index contributed by atoms with van der Waals surface area (Å²) in [6.45, 7) is 0. The van der Waals surface area contributed by atoms with Crippen LogP contribution < -0.4 is 9.47 Å². The van der Waals surface area contributed by atoms with Crippen LogP contribution in [0.1, 0.15) is 21.5 Å². The van der Waals surface area contributed by atoms with E-state index in [1.165, 1.54) is 49.6 Å². The molecule has 0 heterocycles. The van der Waals surface area contributed by atoms with E-state index >= 15 is 0 Å². The summed E-state index contributed by atoms with van der Waals surface area (Å²) in [6, 6.07) is 9.68. The van der Waals surface area contributed by atoms with Crippen molar-refractivity contribution >= 4 is 18.1 Å². The maximum Gasteiger partial charge on any atom is 0.573 e. The number of ether oxygens (including phenoxy) is 2. The molecule has 0 radical (unpaired) electrons. The average Bonchev–Trinajstić information content (AvgIpc) is 2.52. The fourth-order valence-corrected chi connectivity index (χ4v) is 1.96. The fraction of sp³-hybridized carbons (Fsp3) is 0.118. The van der Waals surface area contributed by atoms with E-state index in [9.17, 15) is 18.0 Å². The summed E-state index contributed by atoms with van der Waals surface area (Å²) in [6.07, 6.45) is -1.49. The number of halogens is 3. The van der Waals surface area contributed by atoms with Crippen LogP contribution in [0.2, 0.25) is 0 Å². The van der Waals surface area contributed by atoms with Gasteiger partial charge in [-0.25, -0.2) is 4.79 Å². The molecular formula is C17H13F3O4. The Morgan fingerprint density at radius 3 is 2.29 bits per heavy atom. The van der Waals surface area contributed by atoms with Gasteiger partial charge in [0, 0.05) is 5.56 Å². The molecule has 2 aromatic rings. The molecule has 0 saturated carbocycles. The third-order valence-electron chi connectivity index (χ3n) is 3.05. The predicted molar refractivity (Wildman–Crippen MR) is 82.0 cm³/mol. The highest BCUT2D eigenvalue weighted by Crippen LogP contribution is 2.25. The van der Waals surface area contributed by atoms with E-state index in [1.54, 1.807) is 12.2 Å². The number of benzene rings is 2. The smallest absolute Gasteiger partial charge is 0.496 e. The minimum Gasteiger partial charge on any atom is -0.496 e. The van der Waals surface area contributed by atoms with E-state index < -0.39 is 12.3 Å². The molecule has 0 fully saturated rings. The van der Waals surface area contributed by atoms with Gasteiger partial charge in [0.1, 0.15) is 11.5 Å². The second-order valence-electron chi connectivity index (χ2n) is 4.71. The third kappa shape index (κ3) is 4.77. The van der Waals surface area contributed by atoms with Gasteiger partial charge in [-0.15, -0.1) is 13.2 Å². The van der Waals surface area contributed by atoms with Crippen LogP contribution in [0.25, 0.3) is 12.2 Å². The van der Waals surface area contributed by atoms with Crippen molar-refractivity contribution in [3.8, 4) is 11.5 Å². The van der Waals surface area contributed by atoms with Crippen molar-refractivity contribution in [2.45, 2.75) is 6.36 Å². The van der Waals surface area contributed by atoms with E-state index in [0.717, 1.165) is 0 Å². The van der Waals surface area contributed by atoms with E-state index in [1.807, 2.05) is 0 Å². The lowest BCUT2D eigenvalue weighted by Crippen LogP contribution is -2.16. The lowest BCUT2D eigenvalue weighted by molar-refractivity contribution is -0.274. The minimum atomic E-state index is -4.73. The Balaban J connectivity index is 2.21. The van der Waals surface area contributed by atoms with Gasteiger partial charge < -0.3 is 14.6 Å². The van der Waals surface area contributed by atoms with Crippen molar-refractivity contribution in [3.05, 3.63) is 59.2 Å². The molecule has 2 rings (SSSR count). The van der Waals surface area contributed by atoms with Gasteiger partial charge in [0.05, 0.1) is 12.7 Å². The summed E-state index contributed by atoms with van der Waals surface area (Å²) >= 11 is 0. The van der Waals surface area contributed by atoms with E-state index in [0.29, 0.717) is 16.9 Å². The van der Waals surface area contributed by atoms with Crippen LogP contribution in [0.4, 0.5) is 13.2 Å². The number of alkyl halides is 3. The predicted octanol–water partition coefficient (Wildman–Crippen LogP) is 4.46. The topological polar surface area (TPSA) is 55.8 Å². The zero-order valence-corrected chi connectivity index (χ0v) is 12.5. The number of carboxylic acids is 1. The normalized spacial score (nSPS) is 11.5. The molecule has 126 valence electrons. The molecule has 4 nitrogen and oxygen atoms in total. The van der Waals surface area contributed by atoms with Crippen molar-refractivity contribution in [2.75, 3.05) is 7.11 Å². The largest absolute Gasteiger partial charge is 0.573 e. The lowest BCUT2D eigenvalue weighted by atomic mass is 10.1. The van der Waals surface area contributed by atoms with Gasteiger partial charge >= 0.3 is 12.3 Å². The Bertz CT molecular complexity index is 749. The van der Waals surface area contributed by atoms with Gasteiger partial charge in [-0.1, -0.05) is 24.3 Å². The summed E-state index contributed by atoms with van der Waals surface area (Å²) in [5.41, 5.74) is 1.25. The lowest BCUT2D eigenvalue weighted by Gasteiger charge is -2.08. The first-order valence-corrected chi connectivity index (χ1v) is 6.74. The van der Waals surface area contributed by atoms with Crippen molar-refractivity contribution in [2.24, 2.45) is 0 Å². The van der Waals surface area contributed by atoms with E-state index in [4.69, 9.17) is 9.84 Å². The Morgan fingerprint density at radius 1 is 1.08 bits per heavy atom. The molecule has 0 atom stereocenters. The van der Waals surface area contributed by atoms with Gasteiger partial charge in [0.25, 0.3) is 0 Å². The molecular weight excluding hydrogens is 325 g/mol. The minimum absolute atomic E-state index is 0.101. The molecule has 0 spiro atoms. The van der Waals surface area contributed by atoms with E-state index in [-0.39, 0.29) is 11.3 Å². The second-order valence-corrected chi connectivity index (χ2v) is 4.71. The molecule has 0 aliphatic heterocycles. The summed E-state index contributed by atoms with van der Waals surface area (Å²) < 4.78 is 45.2. The monoisotopic (exact) mass is 338 g/mol. The highest BCUT2D eigenvalue weighted by atomic mass is 19.4. The average molecular weight is 338 g/mol. The molecule has 7 heteroatoms. The van der Waals surface area contributed by atoms with Crippen molar-refractivity contribution in [1.29, 1.82) is 0 Å². The highest BCUT2D eigenvalue weighted by Gasteiger charge is 2.30. The summed E-state index contributed by atoms with van der Waals surface area (Å²) in [5.74, 6) is -0.903. The molecule has 0 bridgehead atoms. The molecule has 0 aliphatic carbocycles. The maximum atomic E-state index is 12.1. The third-order valence-corrected chi connectivity index (χ3v) is 3.05. The van der Waals surface area contributed by atoms with Crippen LogP contribution >= 0.6 is 0 Å². The van der Waals surface area contributed by atoms with Crippen LogP contribution in [0.15, 0.2) is 42.5 Å². The number of hydrogen-bond donors (Lipinski definition) is 1. The second kappa shape index (κ2) is 7.08. The first-order valence-electron chi connectivity index (χ1n) is 6.74. The molecule has 1 N–H and O–H groups in total. The number of carboxylic acid groups (broad SMARTS) is 1. The molecule has 0 aromatic heterocycles. The first-order chi connectivity index (χ1) is 11.3. The van der Waals surface area contributed by atoms with Gasteiger partial charge in [-0.3, -0.25) is 0 Å². The number of carbonyl (C=O) groups is 1. The Hall–Kier alpha value is -2.96. The van der Waals surface area contributed by atoms with Gasteiger partial charge in [0.15, 0.2) is 0 Å². The number of hydrogen-bond acceptors (Lipinski definition) is 3. The molecule has 0 amide bonds. The zero-order valence-electron chi connectivity index (χ0n) is 12.5. The van der Waals surface area contributed by atoms with Crippen LogP contribution in [0, 0.1) is 0 Å². The Morgan fingerprint density at radius 2 is 1.75 bits per heavy atom. The number of aromatic carboxylic acids is 1. The summed E-state index contributed by atoms with van der Waals surface area (Å²) in [7, 11) is 1.45. The van der Waals surface area contributed by atoms with Gasteiger partial charge in [-0.05, 0) is 35.9 Å². The summed E-state index contributed by atoms with van der Waals surface area (Å²) in [5, 5.41) is 9.01. The molecule has 2 aromatic carbocycles. The molecule has 0 unspecified atom stereocenters. The van der Waals surface area contributed by atoms with Crippen LogP contribution in [-0.4, -0.2) is 24.5 Å². The van der Waals surface area contributed by atoms with Crippen LogP contribution in [0.3, 0.4) is 0 Å². The SMILES string of the molecule is COc1ccc(C(=O)O)cc1C=Cc1ccc(OC(F)(F)F)cc1. The standard InChI is InChI=1S/C17H13F3O4/c1-23-15-9-6-13(16(21)22)10-12(15)5-2-11-3-7-14(8-4-11)24-17(18,19)20/h2-10H,1H3,(H,21,22). The van der Waals surface area contributed by atoms with Crippen molar-refractivity contribution < 1.29 is 32.5 Å². The van der Waals surface area contributed by atoms with Gasteiger partial charge in [-0.2, -0.15) is 0 Å². The Kier molecular flexibility index (Phi) is 5.13. The molecule has 24 heavy (non-hydrogen) atoms. The first kappa shape index (κ1) is 17.4. The van der Waals surface area contributed by atoms with Crippen LogP contribution in [0.5, 0.6) is 11.5 Å². The van der Waals surface area contributed by atoms with Crippen LogP contribution in [-0.2, 0) is 0 Å². The highest BCUT2D eigenvalue weighted by molar-refractivity contribution is 5.89. The van der Waals surface area contributed by atoms with Gasteiger partial charge in [0.2, 0.25) is 0 Å².